The molecule has 2 aromatic heterocycles. The molecule has 0 saturated heterocycles. The average Bonchev–Trinajstić information content (AvgIpc) is 2.97. The van der Waals surface area contributed by atoms with Crippen LogP contribution in [-0.2, 0) is 19.4 Å². The van der Waals surface area contributed by atoms with Crippen LogP contribution in [0.1, 0.15) is 17.7 Å². The van der Waals surface area contributed by atoms with Crippen LogP contribution in [-0.4, -0.2) is 21.3 Å². The molecule has 0 aliphatic heterocycles. The van der Waals surface area contributed by atoms with Gasteiger partial charge in [0.25, 0.3) is 0 Å². The van der Waals surface area contributed by atoms with Crippen molar-refractivity contribution < 1.29 is 0 Å². The fourth-order valence-electron chi connectivity index (χ4n) is 2.32. The number of anilines is 2. The molecular weight excluding hydrogens is 226 g/mol. The Morgan fingerprint density at radius 1 is 1.33 bits per heavy atom. The summed E-state index contributed by atoms with van der Waals surface area (Å²) in [5, 5.41) is 7.46. The summed E-state index contributed by atoms with van der Waals surface area (Å²) in [6.45, 7) is 1.59. The van der Waals surface area contributed by atoms with Crippen molar-refractivity contribution in [3.63, 3.8) is 0 Å². The molecule has 0 spiro atoms. The predicted molar refractivity (Wildman–Crippen MR) is 71.4 cm³/mol. The summed E-state index contributed by atoms with van der Waals surface area (Å²) in [6.07, 6.45) is 7.01. The molecule has 1 aliphatic carbocycles. The molecule has 0 unspecified atom stereocenters. The summed E-state index contributed by atoms with van der Waals surface area (Å²) in [4.78, 5) is 4.62. The van der Waals surface area contributed by atoms with Crippen LogP contribution in [0.2, 0.25) is 0 Å². The fraction of sp³-hybridized carbons (Fsp3) is 0.385. The van der Waals surface area contributed by atoms with E-state index in [2.05, 4.69) is 27.5 Å². The van der Waals surface area contributed by atoms with E-state index >= 15 is 0 Å². The van der Waals surface area contributed by atoms with Gasteiger partial charge in [-0.1, -0.05) is 6.07 Å². The molecule has 0 amide bonds. The standard InChI is InChI=1S/C13H17N5/c14-11-8-16-18(9-11)7-6-15-13-5-4-10-2-1-3-12(10)17-13/h4-5,8-9H,1-3,6-7,14H2,(H,15,17). The molecule has 3 N–H and O–H groups in total. The van der Waals surface area contributed by atoms with Gasteiger partial charge in [-0.25, -0.2) is 4.98 Å². The molecular formula is C13H17N5. The van der Waals surface area contributed by atoms with Crippen LogP contribution in [0.3, 0.4) is 0 Å². The smallest absolute Gasteiger partial charge is 0.126 e. The third-order valence-corrected chi connectivity index (χ3v) is 3.23. The van der Waals surface area contributed by atoms with Crippen molar-refractivity contribution in [1.29, 1.82) is 0 Å². The molecule has 0 aromatic carbocycles. The van der Waals surface area contributed by atoms with Crippen molar-refractivity contribution in [3.05, 3.63) is 35.8 Å². The molecule has 2 aromatic rings. The third-order valence-electron chi connectivity index (χ3n) is 3.23. The first-order chi connectivity index (χ1) is 8.81. The summed E-state index contributed by atoms with van der Waals surface area (Å²) < 4.78 is 1.83. The van der Waals surface area contributed by atoms with Gasteiger partial charge >= 0.3 is 0 Å². The van der Waals surface area contributed by atoms with Crippen LogP contribution in [0, 0.1) is 0 Å². The summed E-state index contributed by atoms with van der Waals surface area (Å²) >= 11 is 0. The van der Waals surface area contributed by atoms with Crippen molar-refractivity contribution in [2.24, 2.45) is 0 Å². The van der Waals surface area contributed by atoms with E-state index in [1.165, 1.54) is 24.1 Å². The molecule has 0 fully saturated rings. The van der Waals surface area contributed by atoms with Crippen LogP contribution in [0.25, 0.3) is 0 Å². The third kappa shape index (κ3) is 2.30. The molecule has 3 rings (SSSR count). The second-order valence-electron chi connectivity index (χ2n) is 4.62. The monoisotopic (exact) mass is 243 g/mol. The van der Waals surface area contributed by atoms with Gasteiger partial charge < -0.3 is 11.1 Å². The van der Waals surface area contributed by atoms with E-state index in [9.17, 15) is 0 Å². The molecule has 1 aliphatic rings. The van der Waals surface area contributed by atoms with E-state index in [1.807, 2.05) is 10.9 Å². The van der Waals surface area contributed by atoms with E-state index in [4.69, 9.17) is 5.73 Å². The minimum Gasteiger partial charge on any atom is -0.396 e. The Kier molecular flexibility index (Phi) is 2.88. The molecule has 0 radical (unpaired) electrons. The molecule has 5 heteroatoms. The maximum absolute atomic E-state index is 5.61. The predicted octanol–water partition coefficient (Wildman–Crippen LogP) is 1.46. The molecule has 18 heavy (non-hydrogen) atoms. The van der Waals surface area contributed by atoms with E-state index < -0.39 is 0 Å². The minimum atomic E-state index is 0.700. The van der Waals surface area contributed by atoms with Gasteiger partial charge in [-0.15, -0.1) is 0 Å². The number of aryl methyl sites for hydroxylation is 2. The Balaban J connectivity index is 1.57. The minimum absolute atomic E-state index is 0.700. The van der Waals surface area contributed by atoms with Crippen LogP contribution < -0.4 is 11.1 Å². The zero-order valence-corrected chi connectivity index (χ0v) is 10.3. The Morgan fingerprint density at radius 2 is 2.28 bits per heavy atom. The number of pyridine rings is 1. The highest BCUT2D eigenvalue weighted by Crippen LogP contribution is 2.21. The molecule has 5 nitrogen and oxygen atoms in total. The highest BCUT2D eigenvalue weighted by molar-refractivity contribution is 5.40. The topological polar surface area (TPSA) is 68.8 Å². The molecule has 94 valence electrons. The lowest BCUT2D eigenvalue weighted by atomic mass is 10.2. The van der Waals surface area contributed by atoms with Gasteiger partial charge in [-0.05, 0) is 30.9 Å². The van der Waals surface area contributed by atoms with Gasteiger partial charge in [0.1, 0.15) is 5.82 Å². The Labute approximate surface area is 106 Å². The molecule has 0 bridgehead atoms. The highest BCUT2D eigenvalue weighted by Gasteiger charge is 2.11. The lowest BCUT2D eigenvalue weighted by Gasteiger charge is -2.07. The Morgan fingerprint density at radius 3 is 3.11 bits per heavy atom. The van der Waals surface area contributed by atoms with Gasteiger partial charge in [0.2, 0.25) is 0 Å². The van der Waals surface area contributed by atoms with Gasteiger partial charge in [-0.2, -0.15) is 5.10 Å². The number of aromatic nitrogens is 3. The first-order valence-corrected chi connectivity index (χ1v) is 6.32. The number of nitrogen functional groups attached to an aromatic ring is 1. The second kappa shape index (κ2) is 4.68. The van der Waals surface area contributed by atoms with Gasteiger partial charge in [0.05, 0.1) is 18.4 Å². The first-order valence-electron chi connectivity index (χ1n) is 6.32. The van der Waals surface area contributed by atoms with E-state index in [0.717, 1.165) is 25.3 Å². The highest BCUT2D eigenvalue weighted by atomic mass is 15.3. The normalized spacial score (nSPS) is 13.6. The second-order valence-corrected chi connectivity index (χ2v) is 4.62. The van der Waals surface area contributed by atoms with Crippen molar-refractivity contribution in [2.45, 2.75) is 25.8 Å². The van der Waals surface area contributed by atoms with E-state index in [1.54, 1.807) is 6.20 Å². The van der Waals surface area contributed by atoms with Gasteiger partial charge in [0.15, 0.2) is 0 Å². The van der Waals surface area contributed by atoms with Crippen LogP contribution >= 0.6 is 0 Å². The van der Waals surface area contributed by atoms with Crippen molar-refractivity contribution in [1.82, 2.24) is 14.8 Å². The summed E-state index contributed by atoms with van der Waals surface area (Å²) in [5.74, 6) is 0.954. The zero-order chi connectivity index (χ0) is 12.4. The van der Waals surface area contributed by atoms with Crippen LogP contribution in [0.4, 0.5) is 11.5 Å². The Hall–Kier alpha value is -2.04. The van der Waals surface area contributed by atoms with Gasteiger partial charge in [0, 0.05) is 18.4 Å². The molecule has 0 atom stereocenters. The van der Waals surface area contributed by atoms with Crippen molar-refractivity contribution >= 4 is 11.5 Å². The Bertz CT molecular complexity index is 546. The SMILES string of the molecule is Nc1cnn(CCNc2ccc3c(n2)CCC3)c1. The molecule has 0 saturated carbocycles. The number of nitrogens with zero attached hydrogens (tertiary/aromatic N) is 3. The summed E-state index contributed by atoms with van der Waals surface area (Å²) in [6, 6.07) is 4.24. The van der Waals surface area contributed by atoms with E-state index in [-0.39, 0.29) is 0 Å². The number of nitrogens with two attached hydrogens (primary N) is 1. The van der Waals surface area contributed by atoms with Crippen molar-refractivity contribution in [2.75, 3.05) is 17.6 Å². The largest absolute Gasteiger partial charge is 0.396 e. The number of nitrogens with one attached hydrogen (secondary N) is 1. The number of hydrogen-bond donors (Lipinski definition) is 2. The summed E-state index contributed by atoms with van der Waals surface area (Å²) in [5.41, 5.74) is 8.96. The number of hydrogen-bond acceptors (Lipinski definition) is 4. The van der Waals surface area contributed by atoms with Crippen LogP contribution in [0.15, 0.2) is 24.5 Å². The van der Waals surface area contributed by atoms with E-state index in [0.29, 0.717) is 5.69 Å². The lowest BCUT2D eigenvalue weighted by molar-refractivity contribution is 0.637. The quantitative estimate of drug-likeness (QED) is 0.853. The zero-order valence-electron chi connectivity index (χ0n) is 10.3. The van der Waals surface area contributed by atoms with Gasteiger partial charge in [-0.3, -0.25) is 4.68 Å². The first kappa shape index (κ1) is 11.1. The average molecular weight is 243 g/mol. The number of fused-ring (bicyclic) bond motifs is 1. The van der Waals surface area contributed by atoms with Crippen molar-refractivity contribution in [3.8, 4) is 0 Å². The lowest BCUT2D eigenvalue weighted by Crippen LogP contribution is -2.12. The molecule has 2 heterocycles. The summed E-state index contributed by atoms with van der Waals surface area (Å²) in [7, 11) is 0. The maximum Gasteiger partial charge on any atom is 0.126 e. The van der Waals surface area contributed by atoms with Crippen LogP contribution in [0.5, 0.6) is 0 Å². The maximum atomic E-state index is 5.61. The number of rotatable bonds is 4. The fourth-order valence-corrected chi connectivity index (χ4v) is 2.32.